The fourth-order valence-corrected chi connectivity index (χ4v) is 2.54. The molecule has 1 aliphatic rings. The number of pyridine rings is 1. The molecule has 21 heavy (non-hydrogen) atoms. The van der Waals surface area contributed by atoms with Gasteiger partial charge in [-0.15, -0.1) is 0 Å². The highest BCUT2D eigenvalue weighted by molar-refractivity contribution is 5.50. The second kappa shape index (κ2) is 6.04. The molecule has 0 saturated heterocycles. The van der Waals surface area contributed by atoms with Crippen LogP contribution in [0.1, 0.15) is 30.9 Å². The van der Waals surface area contributed by atoms with E-state index in [0.29, 0.717) is 24.1 Å². The Kier molecular flexibility index (Phi) is 3.95. The fraction of sp³-hybridized carbons (Fsp3) is 0.353. The number of anilines is 1. The first-order valence-corrected chi connectivity index (χ1v) is 7.45. The number of nitrogen functional groups attached to an aromatic ring is 1. The van der Waals surface area contributed by atoms with E-state index >= 15 is 0 Å². The van der Waals surface area contributed by atoms with Gasteiger partial charge in [-0.25, -0.2) is 0 Å². The number of hydrogen-bond acceptors (Lipinski definition) is 4. The SMILES string of the molecule is CCCOc1nc(Oc2ccc3c(c2)CCC3)ccc1N. The van der Waals surface area contributed by atoms with Crippen LogP contribution in [0.4, 0.5) is 5.69 Å². The Labute approximate surface area is 124 Å². The van der Waals surface area contributed by atoms with Crippen LogP contribution in [0.3, 0.4) is 0 Å². The predicted molar refractivity (Wildman–Crippen MR) is 83.0 cm³/mol. The molecular formula is C17H20N2O2. The van der Waals surface area contributed by atoms with Gasteiger partial charge in [-0.1, -0.05) is 13.0 Å². The summed E-state index contributed by atoms with van der Waals surface area (Å²) in [6.07, 6.45) is 4.45. The molecule has 0 spiro atoms. The molecular weight excluding hydrogens is 264 g/mol. The van der Waals surface area contributed by atoms with Gasteiger partial charge >= 0.3 is 0 Å². The maximum absolute atomic E-state index is 5.85. The molecule has 4 nitrogen and oxygen atoms in total. The number of nitrogens with zero attached hydrogens (tertiary/aromatic N) is 1. The number of hydrogen-bond donors (Lipinski definition) is 1. The first-order chi connectivity index (χ1) is 10.3. The first-order valence-electron chi connectivity index (χ1n) is 7.45. The Hall–Kier alpha value is -2.23. The van der Waals surface area contributed by atoms with E-state index in [9.17, 15) is 0 Å². The van der Waals surface area contributed by atoms with Gasteiger partial charge in [0.2, 0.25) is 11.8 Å². The maximum Gasteiger partial charge on any atom is 0.240 e. The molecule has 0 radical (unpaired) electrons. The number of benzene rings is 1. The van der Waals surface area contributed by atoms with Crippen molar-refractivity contribution in [1.82, 2.24) is 4.98 Å². The molecule has 1 heterocycles. The largest absolute Gasteiger partial charge is 0.476 e. The van der Waals surface area contributed by atoms with E-state index in [-0.39, 0.29) is 0 Å². The second-order valence-electron chi connectivity index (χ2n) is 5.28. The minimum Gasteiger partial charge on any atom is -0.476 e. The van der Waals surface area contributed by atoms with Crippen LogP contribution in [-0.2, 0) is 12.8 Å². The lowest BCUT2D eigenvalue weighted by Crippen LogP contribution is -2.02. The van der Waals surface area contributed by atoms with E-state index in [0.717, 1.165) is 18.6 Å². The van der Waals surface area contributed by atoms with E-state index in [2.05, 4.69) is 17.1 Å². The van der Waals surface area contributed by atoms with Crippen molar-refractivity contribution in [2.24, 2.45) is 0 Å². The lowest BCUT2D eigenvalue weighted by molar-refractivity contribution is 0.302. The molecule has 1 aliphatic carbocycles. The van der Waals surface area contributed by atoms with Crippen molar-refractivity contribution < 1.29 is 9.47 Å². The quantitative estimate of drug-likeness (QED) is 0.908. The Bertz CT molecular complexity index is 641. The topological polar surface area (TPSA) is 57.4 Å². The van der Waals surface area contributed by atoms with Gasteiger partial charge in [0.15, 0.2) is 0 Å². The number of nitrogens with two attached hydrogens (primary N) is 1. The average molecular weight is 284 g/mol. The highest BCUT2D eigenvalue weighted by Crippen LogP contribution is 2.30. The third kappa shape index (κ3) is 3.10. The maximum atomic E-state index is 5.85. The minimum atomic E-state index is 0.440. The van der Waals surface area contributed by atoms with Crippen molar-refractivity contribution in [1.29, 1.82) is 0 Å². The zero-order chi connectivity index (χ0) is 14.7. The average Bonchev–Trinajstić information content (AvgIpc) is 2.95. The molecule has 3 rings (SSSR count). The van der Waals surface area contributed by atoms with Crippen molar-refractivity contribution in [2.75, 3.05) is 12.3 Å². The number of ether oxygens (including phenoxy) is 2. The summed E-state index contributed by atoms with van der Waals surface area (Å²) in [6.45, 7) is 2.64. The molecule has 4 heteroatoms. The summed E-state index contributed by atoms with van der Waals surface area (Å²) in [7, 11) is 0. The number of aromatic nitrogens is 1. The molecule has 2 aromatic rings. The number of aryl methyl sites for hydroxylation is 2. The van der Waals surface area contributed by atoms with E-state index in [1.165, 1.54) is 24.0 Å². The van der Waals surface area contributed by atoms with Crippen molar-refractivity contribution in [2.45, 2.75) is 32.6 Å². The van der Waals surface area contributed by atoms with Crippen LogP contribution in [0.15, 0.2) is 30.3 Å². The molecule has 1 aromatic carbocycles. The molecule has 0 atom stereocenters. The summed E-state index contributed by atoms with van der Waals surface area (Å²) in [5.41, 5.74) is 9.20. The monoisotopic (exact) mass is 284 g/mol. The second-order valence-corrected chi connectivity index (χ2v) is 5.28. The molecule has 110 valence electrons. The Morgan fingerprint density at radius 1 is 1.14 bits per heavy atom. The zero-order valence-corrected chi connectivity index (χ0v) is 12.3. The van der Waals surface area contributed by atoms with Crippen LogP contribution in [0.2, 0.25) is 0 Å². The zero-order valence-electron chi connectivity index (χ0n) is 12.3. The van der Waals surface area contributed by atoms with Gasteiger partial charge in [-0.05, 0) is 55.0 Å². The lowest BCUT2D eigenvalue weighted by Gasteiger charge is -2.10. The minimum absolute atomic E-state index is 0.440. The van der Waals surface area contributed by atoms with Crippen LogP contribution < -0.4 is 15.2 Å². The molecule has 0 unspecified atom stereocenters. The van der Waals surface area contributed by atoms with Crippen LogP contribution >= 0.6 is 0 Å². The van der Waals surface area contributed by atoms with Crippen molar-refractivity contribution in [3.05, 3.63) is 41.5 Å². The van der Waals surface area contributed by atoms with E-state index in [1.807, 2.05) is 13.0 Å². The molecule has 2 N–H and O–H groups in total. The van der Waals surface area contributed by atoms with Gasteiger partial charge in [0.05, 0.1) is 12.3 Å². The Balaban J connectivity index is 1.78. The normalized spacial score (nSPS) is 13.0. The van der Waals surface area contributed by atoms with Gasteiger partial charge in [0.1, 0.15) is 5.75 Å². The van der Waals surface area contributed by atoms with Crippen LogP contribution in [0, 0.1) is 0 Å². The summed E-state index contributed by atoms with van der Waals surface area (Å²) in [4.78, 5) is 4.33. The first kappa shape index (κ1) is 13.7. The van der Waals surface area contributed by atoms with Gasteiger partial charge < -0.3 is 15.2 Å². The Morgan fingerprint density at radius 3 is 2.86 bits per heavy atom. The molecule has 0 saturated carbocycles. The third-order valence-corrected chi connectivity index (χ3v) is 3.60. The van der Waals surface area contributed by atoms with E-state index in [1.54, 1.807) is 12.1 Å². The van der Waals surface area contributed by atoms with Crippen LogP contribution in [0.5, 0.6) is 17.5 Å². The van der Waals surface area contributed by atoms with E-state index in [4.69, 9.17) is 15.2 Å². The fourth-order valence-electron chi connectivity index (χ4n) is 2.54. The lowest BCUT2D eigenvalue weighted by atomic mass is 10.1. The Morgan fingerprint density at radius 2 is 2.00 bits per heavy atom. The third-order valence-electron chi connectivity index (χ3n) is 3.60. The van der Waals surface area contributed by atoms with Gasteiger partial charge in [-0.2, -0.15) is 4.98 Å². The van der Waals surface area contributed by atoms with Crippen LogP contribution in [-0.4, -0.2) is 11.6 Å². The summed E-state index contributed by atoms with van der Waals surface area (Å²) in [5.74, 6) is 1.76. The van der Waals surface area contributed by atoms with Crippen molar-refractivity contribution in [3.63, 3.8) is 0 Å². The van der Waals surface area contributed by atoms with Gasteiger partial charge in [-0.3, -0.25) is 0 Å². The highest BCUT2D eigenvalue weighted by atomic mass is 16.5. The van der Waals surface area contributed by atoms with E-state index < -0.39 is 0 Å². The summed E-state index contributed by atoms with van der Waals surface area (Å²) < 4.78 is 11.4. The molecule has 1 aromatic heterocycles. The van der Waals surface area contributed by atoms with Crippen LogP contribution in [0.25, 0.3) is 0 Å². The number of fused-ring (bicyclic) bond motifs is 1. The van der Waals surface area contributed by atoms with Crippen molar-refractivity contribution >= 4 is 5.69 Å². The molecule has 0 amide bonds. The standard InChI is InChI=1S/C17H20N2O2/c1-2-10-20-17-15(18)8-9-16(19-17)21-14-7-6-12-4-3-5-13(12)11-14/h6-9,11H,2-5,10,18H2,1H3. The van der Waals surface area contributed by atoms with Gasteiger partial charge in [0.25, 0.3) is 0 Å². The smallest absolute Gasteiger partial charge is 0.240 e. The van der Waals surface area contributed by atoms with Crippen molar-refractivity contribution in [3.8, 4) is 17.5 Å². The predicted octanol–water partition coefficient (Wildman–Crippen LogP) is 3.73. The molecule has 0 bridgehead atoms. The number of rotatable bonds is 5. The molecule has 0 aliphatic heterocycles. The summed E-state index contributed by atoms with van der Waals surface area (Å²) >= 11 is 0. The highest BCUT2D eigenvalue weighted by Gasteiger charge is 2.12. The summed E-state index contributed by atoms with van der Waals surface area (Å²) in [6, 6.07) is 9.77. The molecule has 0 fully saturated rings. The van der Waals surface area contributed by atoms with Gasteiger partial charge in [0, 0.05) is 6.07 Å². The summed E-state index contributed by atoms with van der Waals surface area (Å²) in [5, 5.41) is 0.